The lowest BCUT2D eigenvalue weighted by atomic mass is 9.98. The largest absolute Gasteiger partial charge is 0.493 e. The van der Waals surface area contributed by atoms with E-state index in [2.05, 4.69) is 37.4 Å². The van der Waals surface area contributed by atoms with E-state index in [1.165, 1.54) is 36.8 Å². The zero-order valence-corrected chi connectivity index (χ0v) is 11.7. The molecule has 0 spiro atoms. The van der Waals surface area contributed by atoms with Crippen LogP contribution in [0, 0.1) is 6.92 Å². The Kier molecular flexibility index (Phi) is 5.06. The highest BCUT2D eigenvalue weighted by Gasteiger charge is 2.20. The molecule has 0 amide bonds. The summed E-state index contributed by atoms with van der Waals surface area (Å²) in [7, 11) is 0. The minimum atomic E-state index is 0.482. The molecule has 1 heterocycles. The molecular weight excluding hydrogens is 222 g/mol. The Labute approximate surface area is 111 Å². The molecule has 1 aromatic carbocycles. The maximum atomic E-state index is 5.71. The average molecular weight is 247 g/mol. The molecule has 0 saturated heterocycles. The molecule has 2 nitrogen and oxygen atoms in total. The summed E-state index contributed by atoms with van der Waals surface area (Å²) >= 11 is 0. The van der Waals surface area contributed by atoms with E-state index in [9.17, 15) is 0 Å². The van der Waals surface area contributed by atoms with E-state index in [0.29, 0.717) is 6.04 Å². The van der Waals surface area contributed by atoms with E-state index < -0.39 is 0 Å². The smallest absolute Gasteiger partial charge is 0.124 e. The van der Waals surface area contributed by atoms with Crippen molar-refractivity contribution in [1.82, 2.24) is 5.32 Å². The number of fused-ring (bicyclic) bond motifs is 1. The first kappa shape index (κ1) is 13.4. The second-order valence-electron chi connectivity index (χ2n) is 5.25. The summed E-state index contributed by atoms with van der Waals surface area (Å²) in [4.78, 5) is 0. The van der Waals surface area contributed by atoms with Gasteiger partial charge in [-0.05, 0) is 26.0 Å². The summed E-state index contributed by atoms with van der Waals surface area (Å²) in [5.41, 5.74) is 2.66. The Morgan fingerprint density at radius 3 is 3.00 bits per heavy atom. The van der Waals surface area contributed by atoms with E-state index in [1.54, 1.807) is 0 Å². The van der Waals surface area contributed by atoms with Gasteiger partial charge in [0.15, 0.2) is 0 Å². The van der Waals surface area contributed by atoms with Gasteiger partial charge in [-0.3, -0.25) is 0 Å². The molecule has 1 N–H and O–H groups in total. The van der Waals surface area contributed by atoms with Crippen molar-refractivity contribution >= 4 is 0 Å². The predicted octanol–water partition coefficient (Wildman–Crippen LogP) is 3.99. The Balaban J connectivity index is 1.89. The first-order chi connectivity index (χ1) is 8.81. The standard InChI is InChI=1S/C16H25NO/c1-3-4-5-6-10-17-15-9-11-18-16-8-7-13(2)12-14(15)16/h7-8,12,15,17H,3-6,9-11H2,1-2H3. The number of benzene rings is 1. The predicted molar refractivity (Wildman–Crippen MR) is 76.2 cm³/mol. The minimum absolute atomic E-state index is 0.482. The van der Waals surface area contributed by atoms with E-state index >= 15 is 0 Å². The summed E-state index contributed by atoms with van der Waals surface area (Å²) in [5.74, 6) is 1.07. The van der Waals surface area contributed by atoms with Gasteiger partial charge in [-0.25, -0.2) is 0 Å². The molecule has 0 saturated carbocycles. The van der Waals surface area contributed by atoms with Gasteiger partial charge < -0.3 is 10.1 Å². The zero-order valence-electron chi connectivity index (χ0n) is 11.7. The van der Waals surface area contributed by atoms with Gasteiger partial charge in [-0.15, -0.1) is 0 Å². The van der Waals surface area contributed by atoms with Crippen LogP contribution in [0.3, 0.4) is 0 Å². The Hall–Kier alpha value is -1.02. The van der Waals surface area contributed by atoms with Gasteiger partial charge in [0.25, 0.3) is 0 Å². The van der Waals surface area contributed by atoms with Crippen LogP contribution >= 0.6 is 0 Å². The number of rotatable bonds is 6. The Bertz CT molecular complexity index is 375. The van der Waals surface area contributed by atoms with Crippen LogP contribution in [0.4, 0.5) is 0 Å². The van der Waals surface area contributed by atoms with Crippen LogP contribution in [0.5, 0.6) is 5.75 Å². The van der Waals surface area contributed by atoms with Crippen molar-refractivity contribution < 1.29 is 4.74 Å². The van der Waals surface area contributed by atoms with Crippen molar-refractivity contribution in [2.75, 3.05) is 13.2 Å². The van der Waals surface area contributed by atoms with E-state index in [-0.39, 0.29) is 0 Å². The van der Waals surface area contributed by atoms with Gasteiger partial charge >= 0.3 is 0 Å². The third kappa shape index (κ3) is 3.49. The molecular formula is C16H25NO. The van der Waals surface area contributed by atoms with Crippen LogP contribution in [0.2, 0.25) is 0 Å². The van der Waals surface area contributed by atoms with E-state index in [0.717, 1.165) is 25.3 Å². The fourth-order valence-electron chi connectivity index (χ4n) is 2.55. The lowest BCUT2D eigenvalue weighted by Gasteiger charge is -2.27. The number of hydrogen-bond acceptors (Lipinski definition) is 2. The van der Waals surface area contributed by atoms with Gasteiger partial charge in [0.1, 0.15) is 5.75 Å². The molecule has 0 bridgehead atoms. The molecule has 1 unspecified atom stereocenters. The van der Waals surface area contributed by atoms with Gasteiger partial charge in [-0.2, -0.15) is 0 Å². The molecule has 100 valence electrons. The average Bonchev–Trinajstić information content (AvgIpc) is 2.39. The van der Waals surface area contributed by atoms with Gasteiger partial charge in [0, 0.05) is 18.0 Å². The van der Waals surface area contributed by atoms with Crippen LogP contribution < -0.4 is 10.1 Å². The summed E-state index contributed by atoms with van der Waals surface area (Å²) in [6.07, 6.45) is 6.37. The van der Waals surface area contributed by atoms with Crippen LogP contribution in [0.15, 0.2) is 18.2 Å². The maximum Gasteiger partial charge on any atom is 0.124 e. The van der Waals surface area contributed by atoms with E-state index in [1.807, 2.05) is 0 Å². The quantitative estimate of drug-likeness (QED) is 0.767. The molecule has 1 aliphatic heterocycles. The second kappa shape index (κ2) is 6.79. The molecule has 18 heavy (non-hydrogen) atoms. The van der Waals surface area contributed by atoms with Crippen LogP contribution in [-0.4, -0.2) is 13.2 Å². The molecule has 0 fully saturated rings. The van der Waals surface area contributed by atoms with Crippen LogP contribution in [-0.2, 0) is 0 Å². The second-order valence-corrected chi connectivity index (χ2v) is 5.25. The lowest BCUT2D eigenvalue weighted by molar-refractivity contribution is 0.252. The zero-order chi connectivity index (χ0) is 12.8. The number of aryl methyl sites for hydroxylation is 1. The summed E-state index contributed by atoms with van der Waals surface area (Å²) in [5, 5.41) is 3.68. The lowest BCUT2D eigenvalue weighted by Crippen LogP contribution is -2.27. The Morgan fingerprint density at radius 2 is 2.17 bits per heavy atom. The van der Waals surface area contributed by atoms with Crippen molar-refractivity contribution in [2.45, 2.75) is 52.0 Å². The molecule has 0 aromatic heterocycles. The number of unbranched alkanes of at least 4 members (excludes halogenated alkanes) is 3. The van der Waals surface area contributed by atoms with Crippen LogP contribution in [0.25, 0.3) is 0 Å². The van der Waals surface area contributed by atoms with Crippen molar-refractivity contribution in [2.24, 2.45) is 0 Å². The first-order valence-corrected chi connectivity index (χ1v) is 7.28. The van der Waals surface area contributed by atoms with Crippen molar-refractivity contribution in [3.8, 4) is 5.75 Å². The molecule has 1 atom stereocenters. The monoisotopic (exact) mass is 247 g/mol. The topological polar surface area (TPSA) is 21.3 Å². The van der Waals surface area contributed by atoms with Gasteiger partial charge in [0.2, 0.25) is 0 Å². The summed E-state index contributed by atoms with van der Waals surface area (Å²) in [6, 6.07) is 6.98. The Morgan fingerprint density at radius 1 is 1.28 bits per heavy atom. The highest BCUT2D eigenvalue weighted by atomic mass is 16.5. The molecule has 0 aliphatic carbocycles. The number of ether oxygens (including phenoxy) is 1. The van der Waals surface area contributed by atoms with Crippen LogP contribution in [0.1, 0.15) is 56.2 Å². The highest BCUT2D eigenvalue weighted by Crippen LogP contribution is 2.32. The SMILES string of the molecule is CCCCCCNC1CCOc2ccc(C)cc21. The molecule has 1 aromatic rings. The van der Waals surface area contributed by atoms with Crippen molar-refractivity contribution in [1.29, 1.82) is 0 Å². The highest BCUT2D eigenvalue weighted by molar-refractivity contribution is 5.40. The third-order valence-corrected chi connectivity index (χ3v) is 3.63. The van der Waals surface area contributed by atoms with Crippen molar-refractivity contribution in [3.63, 3.8) is 0 Å². The molecule has 1 aliphatic rings. The normalized spacial score (nSPS) is 18.2. The van der Waals surface area contributed by atoms with Gasteiger partial charge in [-0.1, -0.05) is 43.9 Å². The minimum Gasteiger partial charge on any atom is -0.493 e. The third-order valence-electron chi connectivity index (χ3n) is 3.63. The fraction of sp³-hybridized carbons (Fsp3) is 0.625. The summed E-state index contributed by atoms with van der Waals surface area (Å²) in [6.45, 7) is 6.36. The van der Waals surface area contributed by atoms with Crippen molar-refractivity contribution in [3.05, 3.63) is 29.3 Å². The number of nitrogens with one attached hydrogen (secondary N) is 1. The summed E-state index contributed by atoms with van der Waals surface area (Å²) < 4.78 is 5.71. The maximum absolute atomic E-state index is 5.71. The first-order valence-electron chi connectivity index (χ1n) is 7.28. The number of hydrogen-bond donors (Lipinski definition) is 1. The van der Waals surface area contributed by atoms with E-state index in [4.69, 9.17) is 4.74 Å². The fourth-order valence-corrected chi connectivity index (χ4v) is 2.55. The van der Waals surface area contributed by atoms with Gasteiger partial charge in [0.05, 0.1) is 6.61 Å². The molecule has 2 heteroatoms. The molecule has 0 radical (unpaired) electrons. The molecule has 2 rings (SSSR count).